The largest absolute Gasteiger partial charge is 0.483 e. The lowest BCUT2D eigenvalue weighted by atomic mass is 10.1. The molecule has 2 rings (SSSR count). The van der Waals surface area contributed by atoms with Gasteiger partial charge in [0.25, 0.3) is 5.91 Å². The van der Waals surface area contributed by atoms with Crippen LogP contribution in [-0.2, 0) is 11.2 Å². The summed E-state index contributed by atoms with van der Waals surface area (Å²) in [4.78, 5) is 24.7. The van der Waals surface area contributed by atoms with E-state index in [1.165, 1.54) is 6.42 Å². The standard InChI is InChI=1S/C41H56ClN3O3/c1-3-4-5-6-7-8-9-10-11-12-13-14-15-16-17-18-19-20-30-43-32-33-44-34-40(46)35(2)48-39-27-21-36(22-28-39)29-31-45-41(47)37-23-25-38(42)26-24-37/h4-5,7-8,10-11,13-14,16-17,21-28,35,43-44H,3,6,9,12,15,18-20,29-34H2,1-2H3,(H,45,47)/b5-4-,8-7?,11-10?,14-13-,17-16-. The number of benzene rings is 2. The van der Waals surface area contributed by atoms with E-state index in [-0.39, 0.29) is 18.2 Å². The first-order valence-corrected chi connectivity index (χ1v) is 17.9. The third-order valence-electron chi connectivity index (χ3n) is 7.41. The van der Waals surface area contributed by atoms with Gasteiger partial charge in [0.05, 0.1) is 6.54 Å². The molecule has 0 heterocycles. The summed E-state index contributed by atoms with van der Waals surface area (Å²) in [5.41, 5.74) is 1.65. The van der Waals surface area contributed by atoms with Gasteiger partial charge in [0, 0.05) is 30.2 Å². The van der Waals surface area contributed by atoms with Crippen LogP contribution in [-0.4, -0.2) is 50.5 Å². The Kier molecular flexibility index (Phi) is 23.0. The third-order valence-corrected chi connectivity index (χ3v) is 7.66. The van der Waals surface area contributed by atoms with Crippen LogP contribution in [0.25, 0.3) is 0 Å². The van der Waals surface area contributed by atoms with Gasteiger partial charge in [-0.05, 0) is 113 Å². The molecule has 0 bridgehead atoms. The van der Waals surface area contributed by atoms with Crippen molar-refractivity contribution in [2.24, 2.45) is 0 Å². The zero-order valence-electron chi connectivity index (χ0n) is 29.0. The summed E-state index contributed by atoms with van der Waals surface area (Å²) in [6.07, 6.45) is 31.0. The van der Waals surface area contributed by atoms with Crippen molar-refractivity contribution < 1.29 is 14.3 Å². The highest BCUT2D eigenvalue weighted by Gasteiger charge is 2.14. The molecule has 7 heteroatoms. The van der Waals surface area contributed by atoms with Crippen molar-refractivity contribution in [3.63, 3.8) is 0 Å². The van der Waals surface area contributed by atoms with Crippen molar-refractivity contribution in [2.45, 2.75) is 77.7 Å². The smallest absolute Gasteiger partial charge is 0.251 e. The fraction of sp³-hybridized carbons (Fsp3) is 0.415. The maximum Gasteiger partial charge on any atom is 0.251 e. The number of Topliss-reactive ketones (excluding diaryl/α,β-unsaturated/α-hetero) is 1. The molecule has 0 aliphatic carbocycles. The van der Waals surface area contributed by atoms with Gasteiger partial charge in [-0.2, -0.15) is 0 Å². The Labute approximate surface area is 294 Å². The molecule has 260 valence electrons. The molecule has 0 fully saturated rings. The van der Waals surface area contributed by atoms with Gasteiger partial charge < -0.3 is 20.7 Å². The first-order valence-electron chi connectivity index (χ1n) is 17.5. The van der Waals surface area contributed by atoms with Crippen LogP contribution in [0.2, 0.25) is 5.02 Å². The Bertz CT molecular complexity index is 1300. The van der Waals surface area contributed by atoms with E-state index >= 15 is 0 Å². The highest BCUT2D eigenvalue weighted by molar-refractivity contribution is 6.30. The molecular formula is C41H56ClN3O3. The van der Waals surface area contributed by atoms with Gasteiger partial charge in [-0.3, -0.25) is 9.59 Å². The van der Waals surface area contributed by atoms with E-state index in [4.69, 9.17) is 16.3 Å². The summed E-state index contributed by atoms with van der Waals surface area (Å²) in [6.45, 7) is 7.26. The number of halogens is 1. The summed E-state index contributed by atoms with van der Waals surface area (Å²) in [6, 6.07) is 14.4. The molecule has 1 amide bonds. The summed E-state index contributed by atoms with van der Waals surface area (Å²) in [7, 11) is 0. The van der Waals surface area contributed by atoms with Crippen LogP contribution in [0.1, 0.15) is 81.1 Å². The monoisotopic (exact) mass is 673 g/mol. The lowest BCUT2D eigenvalue weighted by Gasteiger charge is -2.15. The van der Waals surface area contributed by atoms with Crippen molar-refractivity contribution >= 4 is 23.3 Å². The van der Waals surface area contributed by atoms with Crippen LogP contribution in [0.5, 0.6) is 5.75 Å². The van der Waals surface area contributed by atoms with Gasteiger partial charge >= 0.3 is 0 Å². The van der Waals surface area contributed by atoms with Gasteiger partial charge in [-0.25, -0.2) is 0 Å². The van der Waals surface area contributed by atoms with Crippen molar-refractivity contribution in [1.29, 1.82) is 0 Å². The van der Waals surface area contributed by atoms with Gasteiger partial charge in [0.2, 0.25) is 0 Å². The van der Waals surface area contributed by atoms with Gasteiger partial charge in [0.15, 0.2) is 11.9 Å². The Morgan fingerprint density at radius 3 is 1.92 bits per heavy atom. The third kappa shape index (κ3) is 20.5. The van der Waals surface area contributed by atoms with E-state index < -0.39 is 6.10 Å². The highest BCUT2D eigenvalue weighted by atomic mass is 35.5. The van der Waals surface area contributed by atoms with Crippen LogP contribution in [0.3, 0.4) is 0 Å². The number of carbonyl (C=O) groups is 2. The second-order valence-electron chi connectivity index (χ2n) is 11.5. The summed E-state index contributed by atoms with van der Waals surface area (Å²) in [5.74, 6) is 0.536. The topological polar surface area (TPSA) is 79.5 Å². The fourth-order valence-corrected chi connectivity index (χ4v) is 4.69. The van der Waals surface area contributed by atoms with Crippen molar-refractivity contribution in [3.8, 4) is 5.75 Å². The zero-order valence-corrected chi connectivity index (χ0v) is 29.7. The number of ketones is 1. The molecule has 1 atom stereocenters. The van der Waals surface area contributed by atoms with Gasteiger partial charge in [-0.1, -0.05) is 91.4 Å². The van der Waals surface area contributed by atoms with Crippen molar-refractivity contribution in [1.82, 2.24) is 16.0 Å². The molecule has 0 aliphatic heterocycles. The number of unbranched alkanes of at least 4 members (excludes halogenated alkanes) is 2. The number of carbonyl (C=O) groups excluding carboxylic acids is 2. The minimum atomic E-state index is -0.536. The number of hydrogen-bond acceptors (Lipinski definition) is 5. The predicted octanol–water partition coefficient (Wildman–Crippen LogP) is 8.75. The zero-order chi connectivity index (χ0) is 34.5. The number of ether oxygens (including phenoxy) is 1. The average molecular weight is 674 g/mol. The first-order chi connectivity index (χ1) is 23.5. The van der Waals surface area contributed by atoms with E-state index in [0.717, 1.165) is 70.1 Å². The van der Waals surface area contributed by atoms with Crippen molar-refractivity contribution in [2.75, 3.05) is 32.7 Å². The molecule has 48 heavy (non-hydrogen) atoms. The lowest BCUT2D eigenvalue weighted by Crippen LogP contribution is -2.36. The predicted molar refractivity (Wildman–Crippen MR) is 203 cm³/mol. The molecule has 0 aliphatic rings. The molecule has 6 nitrogen and oxygen atoms in total. The minimum Gasteiger partial charge on any atom is -0.483 e. The first kappa shape index (κ1) is 40.5. The van der Waals surface area contributed by atoms with Gasteiger partial charge in [-0.15, -0.1) is 0 Å². The SMILES string of the molecule is CC/C=C\CC=CCC=CC/C=C\C/C=C\CCCCNCCNCC(=O)C(C)Oc1ccc(CCNC(=O)c2ccc(Cl)cc2)cc1. The molecule has 1 unspecified atom stereocenters. The fourth-order valence-electron chi connectivity index (χ4n) is 4.57. The second kappa shape index (κ2) is 27.3. The molecular weight excluding hydrogens is 618 g/mol. The Morgan fingerprint density at radius 2 is 1.29 bits per heavy atom. The Balaban J connectivity index is 1.42. The van der Waals surface area contributed by atoms with E-state index in [1.807, 2.05) is 24.3 Å². The minimum absolute atomic E-state index is 0.0149. The average Bonchev–Trinajstić information content (AvgIpc) is 3.09. The van der Waals surface area contributed by atoms with Crippen LogP contribution in [0.15, 0.2) is 109 Å². The summed E-state index contributed by atoms with van der Waals surface area (Å²) in [5, 5.41) is 10.2. The van der Waals surface area contributed by atoms with Crippen LogP contribution >= 0.6 is 11.6 Å². The van der Waals surface area contributed by atoms with E-state index in [1.54, 1.807) is 31.2 Å². The van der Waals surface area contributed by atoms with Crippen molar-refractivity contribution in [3.05, 3.63) is 125 Å². The maximum atomic E-state index is 12.5. The molecule has 0 spiro atoms. The normalized spacial score (nSPS) is 12.6. The van der Waals surface area contributed by atoms with Crippen LogP contribution < -0.4 is 20.7 Å². The molecule has 2 aromatic rings. The Morgan fingerprint density at radius 1 is 0.708 bits per heavy atom. The summed E-state index contributed by atoms with van der Waals surface area (Å²) >= 11 is 5.88. The number of hydrogen-bond donors (Lipinski definition) is 3. The molecule has 0 radical (unpaired) electrons. The van der Waals surface area contributed by atoms with Gasteiger partial charge in [0.1, 0.15) is 5.75 Å². The molecule has 0 saturated carbocycles. The molecule has 0 saturated heterocycles. The lowest BCUT2D eigenvalue weighted by molar-refractivity contribution is -0.124. The molecule has 0 aromatic heterocycles. The summed E-state index contributed by atoms with van der Waals surface area (Å²) < 4.78 is 5.84. The second-order valence-corrected chi connectivity index (χ2v) is 12.0. The molecule has 2 aromatic carbocycles. The van der Waals surface area contributed by atoms with Crippen LogP contribution in [0.4, 0.5) is 0 Å². The number of allylic oxidation sites excluding steroid dienone is 10. The molecule has 3 N–H and O–H groups in total. The van der Waals surface area contributed by atoms with E-state index in [0.29, 0.717) is 29.3 Å². The number of rotatable bonds is 26. The van der Waals surface area contributed by atoms with E-state index in [2.05, 4.69) is 83.6 Å². The maximum absolute atomic E-state index is 12.5. The number of amides is 1. The highest BCUT2D eigenvalue weighted by Crippen LogP contribution is 2.15. The number of nitrogens with one attached hydrogen (secondary N) is 3. The van der Waals surface area contributed by atoms with E-state index in [9.17, 15) is 9.59 Å². The van der Waals surface area contributed by atoms with Crippen LogP contribution in [0, 0.1) is 0 Å². The Hall–Kier alpha value is -3.71. The quantitative estimate of drug-likeness (QED) is 0.0688.